The van der Waals surface area contributed by atoms with Crippen molar-refractivity contribution in [2.45, 2.75) is 65.1 Å². The smallest absolute Gasteiger partial charge is 0.410 e. The van der Waals surface area contributed by atoms with E-state index in [2.05, 4.69) is 4.98 Å². The van der Waals surface area contributed by atoms with Gasteiger partial charge in [0.2, 0.25) is 0 Å². The Balaban J connectivity index is 1.66. The number of aromatic nitrogens is 1. The van der Waals surface area contributed by atoms with E-state index >= 15 is 0 Å². The van der Waals surface area contributed by atoms with E-state index in [1.54, 1.807) is 34.2 Å². The SMILES string of the molecule is CCN(CC)C(=O)c1ccc(C2=CC3(CCCN(C(=O)OC(C)(C)C)CC3)Oc3ccc(F)cc32)nc1. The van der Waals surface area contributed by atoms with Crippen LogP contribution in [0.3, 0.4) is 0 Å². The Bertz CT molecular complexity index is 1180. The predicted molar refractivity (Wildman–Crippen MR) is 140 cm³/mol. The third-order valence-electron chi connectivity index (χ3n) is 6.77. The highest BCUT2D eigenvalue weighted by Gasteiger charge is 2.39. The van der Waals surface area contributed by atoms with Gasteiger partial charge in [0.15, 0.2) is 0 Å². The van der Waals surface area contributed by atoms with Crippen molar-refractivity contribution in [2.24, 2.45) is 0 Å². The lowest BCUT2D eigenvalue weighted by atomic mass is 9.85. The number of hydrogen-bond donors (Lipinski definition) is 0. The van der Waals surface area contributed by atoms with E-state index in [-0.39, 0.29) is 17.8 Å². The zero-order valence-electron chi connectivity index (χ0n) is 22.3. The van der Waals surface area contributed by atoms with Crippen molar-refractivity contribution in [1.29, 1.82) is 0 Å². The highest BCUT2D eigenvalue weighted by molar-refractivity contribution is 5.94. The van der Waals surface area contributed by atoms with E-state index in [1.165, 1.54) is 12.1 Å². The maximum absolute atomic E-state index is 14.3. The Labute approximate surface area is 218 Å². The minimum Gasteiger partial charge on any atom is -0.482 e. The van der Waals surface area contributed by atoms with Gasteiger partial charge in [-0.3, -0.25) is 9.78 Å². The van der Waals surface area contributed by atoms with E-state index in [0.717, 1.165) is 12.0 Å². The number of benzene rings is 1. The van der Waals surface area contributed by atoms with Crippen molar-refractivity contribution < 1.29 is 23.5 Å². The van der Waals surface area contributed by atoms with Crippen LogP contribution in [-0.2, 0) is 4.74 Å². The molecule has 1 spiro atoms. The van der Waals surface area contributed by atoms with Crippen molar-refractivity contribution >= 4 is 17.6 Å². The number of likely N-dealkylation sites (tertiary alicyclic amines) is 1. The normalized spacial score (nSPS) is 19.4. The van der Waals surface area contributed by atoms with E-state index in [1.807, 2.05) is 40.7 Å². The van der Waals surface area contributed by atoms with Gasteiger partial charge in [-0.05, 0) is 83.9 Å². The fourth-order valence-corrected chi connectivity index (χ4v) is 4.86. The lowest BCUT2D eigenvalue weighted by Crippen LogP contribution is -2.40. The van der Waals surface area contributed by atoms with Crippen LogP contribution in [-0.4, -0.2) is 64.2 Å². The van der Waals surface area contributed by atoms with Gasteiger partial charge in [0.05, 0.1) is 11.3 Å². The molecule has 37 heavy (non-hydrogen) atoms. The molecule has 4 rings (SSSR count). The molecule has 1 fully saturated rings. The first kappa shape index (κ1) is 26.6. The van der Waals surface area contributed by atoms with Crippen LogP contribution >= 0.6 is 0 Å². The van der Waals surface area contributed by atoms with Gasteiger partial charge in [-0.15, -0.1) is 0 Å². The average Bonchev–Trinajstić information content (AvgIpc) is 3.06. The third kappa shape index (κ3) is 5.95. The summed E-state index contributed by atoms with van der Waals surface area (Å²) in [6.07, 6.45) is 5.24. The summed E-state index contributed by atoms with van der Waals surface area (Å²) in [5.41, 5.74) is 1.29. The molecule has 1 aromatic carbocycles. The van der Waals surface area contributed by atoms with Crippen molar-refractivity contribution in [1.82, 2.24) is 14.8 Å². The molecule has 0 radical (unpaired) electrons. The molecule has 0 saturated carbocycles. The summed E-state index contributed by atoms with van der Waals surface area (Å²) >= 11 is 0. The highest BCUT2D eigenvalue weighted by atomic mass is 19.1. The van der Waals surface area contributed by atoms with E-state index in [0.29, 0.717) is 61.6 Å². The Morgan fingerprint density at radius 3 is 2.54 bits per heavy atom. The molecular formula is C29H36FN3O4. The summed E-state index contributed by atoms with van der Waals surface area (Å²) in [7, 11) is 0. The summed E-state index contributed by atoms with van der Waals surface area (Å²) in [6, 6.07) is 8.06. The molecule has 1 saturated heterocycles. The van der Waals surface area contributed by atoms with Gasteiger partial charge in [-0.2, -0.15) is 0 Å². The highest BCUT2D eigenvalue weighted by Crippen LogP contribution is 2.43. The van der Waals surface area contributed by atoms with Crippen LogP contribution in [0.5, 0.6) is 5.75 Å². The first-order valence-electron chi connectivity index (χ1n) is 13.0. The number of fused-ring (bicyclic) bond motifs is 1. The topological polar surface area (TPSA) is 72.0 Å². The molecular weight excluding hydrogens is 473 g/mol. The van der Waals surface area contributed by atoms with Crippen molar-refractivity contribution in [3.8, 4) is 5.75 Å². The fraction of sp³-hybridized carbons (Fsp3) is 0.483. The van der Waals surface area contributed by atoms with Gasteiger partial charge >= 0.3 is 6.09 Å². The first-order chi connectivity index (χ1) is 17.5. The van der Waals surface area contributed by atoms with Crippen LogP contribution in [0.15, 0.2) is 42.6 Å². The zero-order chi connectivity index (χ0) is 26.8. The molecule has 7 nitrogen and oxygen atoms in total. The number of halogens is 1. The van der Waals surface area contributed by atoms with Crippen LogP contribution < -0.4 is 4.74 Å². The number of nitrogens with zero attached hydrogens (tertiary/aromatic N) is 3. The van der Waals surface area contributed by atoms with Crippen molar-refractivity contribution in [3.63, 3.8) is 0 Å². The van der Waals surface area contributed by atoms with Crippen LogP contribution in [0.2, 0.25) is 0 Å². The molecule has 0 aliphatic carbocycles. The van der Waals surface area contributed by atoms with Gasteiger partial charge in [0.25, 0.3) is 5.91 Å². The fourth-order valence-electron chi connectivity index (χ4n) is 4.86. The Hall–Kier alpha value is -3.42. The molecule has 1 unspecified atom stereocenters. The third-order valence-corrected chi connectivity index (χ3v) is 6.77. The zero-order valence-corrected chi connectivity index (χ0v) is 22.3. The summed E-state index contributed by atoms with van der Waals surface area (Å²) in [6.45, 7) is 11.7. The minimum atomic E-state index is -0.672. The predicted octanol–water partition coefficient (Wildman–Crippen LogP) is 5.69. The molecule has 2 aliphatic heterocycles. The second kappa shape index (κ2) is 10.5. The molecule has 0 N–H and O–H groups in total. The molecule has 3 heterocycles. The number of carbonyl (C=O) groups excluding carboxylic acids is 2. The summed E-state index contributed by atoms with van der Waals surface area (Å²) in [4.78, 5) is 33.5. The van der Waals surface area contributed by atoms with Crippen molar-refractivity contribution in [3.05, 3.63) is 65.2 Å². The number of ether oxygens (including phenoxy) is 2. The van der Waals surface area contributed by atoms with E-state index in [4.69, 9.17) is 9.47 Å². The minimum absolute atomic E-state index is 0.0704. The molecule has 2 aliphatic rings. The Morgan fingerprint density at radius 1 is 1.14 bits per heavy atom. The van der Waals surface area contributed by atoms with E-state index in [9.17, 15) is 14.0 Å². The molecule has 2 aromatic rings. The largest absolute Gasteiger partial charge is 0.482 e. The second-order valence-corrected chi connectivity index (χ2v) is 10.6. The van der Waals surface area contributed by atoms with Gasteiger partial charge in [-0.1, -0.05) is 0 Å². The standard InChI is InChI=1S/C29H36FN3O4/c1-6-32(7-2)26(34)20-9-11-24(31-19-20)23-18-29(36-25-12-10-21(30)17-22(23)25)13-8-15-33(16-14-29)27(35)37-28(3,4)5/h9-12,17-19H,6-8,13-16H2,1-5H3. The molecule has 1 atom stereocenters. The molecule has 1 aromatic heterocycles. The maximum atomic E-state index is 14.3. The van der Waals surface area contributed by atoms with Gasteiger partial charge in [-0.25, -0.2) is 9.18 Å². The van der Waals surface area contributed by atoms with Crippen LogP contribution in [0, 0.1) is 5.82 Å². The quantitative estimate of drug-likeness (QED) is 0.530. The van der Waals surface area contributed by atoms with Gasteiger partial charge < -0.3 is 19.3 Å². The monoisotopic (exact) mass is 509 g/mol. The molecule has 198 valence electrons. The van der Waals surface area contributed by atoms with Gasteiger partial charge in [0, 0.05) is 49.9 Å². The summed E-state index contributed by atoms with van der Waals surface area (Å²) < 4.78 is 26.4. The maximum Gasteiger partial charge on any atom is 0.410 e. The second-order valence-electron chi connectivity index (χ2n) is 10.6. The van der Waals surface area contributed by atoms with Crippen LogP contribution in [0.25, 0.3) is 5.57 Å². The number of amides is 2. The lowest BCUT2D eigenvalue weighted by Gasteiger charge is -2.36. The van der Waals surface area contributed by atoms with Crippen molar-refractivity contribution in [2.75, 3.05) is 26.2 Å². The number of pyridine rings is 1. The number of hydrogen-bond acceptors (Lipinski definition) is 5. The summed E-state index contributed by atoms with van der Waals surface area (Å²) in [5, 5.41) is 0. The molecule has 0 bridgehead atoms. The lowest BCUT2D eigenvalue weighted by molar-refractivity contribution is 0.0242. The summed E-state index contributed by atoms with van der Waals surface area (Å²) in [5.74, 6) is 0.142. The molecule has 8 heteroatoms. The average molecular weight is 510 g/mol. The van der Waals surface area contributed by atoms with Crippen LogP contribution in [0.1, 0.15) is 75.5 Å². The first-order valence-corrected chi connectivity index (χ1v) is 13.0. The number of carbonyl (C=O) groups is 2. The number of rotatable bonds is 4. The van der Waals surface area contributed by atoms with Gasteiger partial charge in [0.1, 0.15) is 22.8 Å². The van der Waals surface area contributed by atoms with Crippen LogP contribution in [0.4, 0.5) is 9.18 Å². The Kier molecular flexibility index (Phi) is 7.57. The molecule has 2 amide bonds. The Morgan fingerprint density at radius 2 is 1.89 bits per heavy atom. The van der Waals surface area contributed by atoms with E-state index < -0.39 is 11.2 Å².